The number of nitrogens with zero attached hydrogens (tertiary/aromatic N) is 6. The normalized spacial score (nSPS) is 14.4. The van der Waals surface area contributed by atoms with Crippen molar-refractivity contribution in [3.63, 3.8) is 0 Å². The lowest BCUT2D eigenvalue weighted by Crippen LogP contribution is -2.49. The zero-order valence-electron chi connectivity index (χ0n) is 21.8. The lowest BCUT2D eigenvalue weighted by Gasteiger charge is -2.40. The molecule has 1 saturated heterocycles. The predicted octanol–water partition coefficient (Wildman–Crippen LogP) is 4.56. The molecule has 7 heteroatoms. The van der Waals surface area contributed by atoms with Gasteiger partial charge in [0.15, 0.2) is 0 Å². The molecule has 1 heterocycles. The van der Waals surface area contributed by atoms with Crippen molar-refractivity contribution in [3.8, 4) is 0 Å². The second-order valence-corrected chi connectivity index (χ2v) is 9.60. The maximum absolute atomic E-state index is 6.20. The Bertz CT molecular complexity index is 1000. The first-order valence-electron chi connectivity index (χ1n) is 12.0. The van der Waals surface area contributed by atoms with Gasteiger partial charge in [-0.3, -0.25) is 0 Å². The fourth-order valence-electron chi connectivity index (χ4n) is 4.16. The highest BCUT2D eigenvalue weighted by Gasteiger charge is 2.21. The predicted molar refractivity (Wildman–Crippen MR) is 150 cm³/mol. The highest BCUT2D eigenvalue weighted by atomic mass is 16.5. The van der Waals surface area contributed by atoms with Gasteiger partial charge in [0.1, 0.15) is 13.5 Å². The van der Waals surface area contributed by atoms with Crippen molar-refractivity contribution in [1.82, 2.24) is 0 Å². The van der Waals surface area contributed by atoms with Crippen LogP contribution in [0.25, 0.3) is 0 Å². The molecule has 1 fully saturated rings. The van der Waals surface area contributed by atoms with Crippen LogP contribution >= 0.6 is 0 Å². The number of anilines is 6. The van der Waals surface area contributed by atoms with Crippen LogP contribution in [0.4, 0.5) is 34.1 Å². The molecule has 0 bridgehead atoms. The molecule has 3 aromatic rings. The van der Waals surface area contributed by atoms with E-state index >= 15 is 0 Å². The first-order chi connectivity index (χ1) is 16.8. The summed E-state index contributed by atoms with van der Waals surface area (Å²) in [6.07, 6.45) is 0. The maximum atomic E-state index is 6.20. The van der Waals surface area contributed by atoms with E-state index in [2.05, 4.69) is 144 Å². The second-order valence-electron chi connectivity index (χ2n) is 9.60. The first kappa shape index (κ1) is 24.5. The standard InChI is InChI=1S/C28H38N6O/c1-29(2)23-7-13-26(14-8-23)32-19-33(27-15-9-24(10-16-27)30(3)4)21-35-22-34(20-32)28-17-11-25(12-18-28)31(5)6/h7-18H,19-22H2,1-6H3. The summed E-state index contributed by atoms with van der Waals surface area (Å²) in [5.41, 5.74) is 7.04. The van der Waals surface area contributed by atoms with Crippen LogP contribution in [-0.2, 0) is 4.74 Å². The van der Waals surface area contributed by atoms with E-state index in [0.717, 1.165) is 24.7 Å². The Balaban J connectivity index is 1.61. The van der Waals surface area contributed by atoms with Gasteiger partial charge in [0.05, 0.1) is 13.3 Å². The van der Waals surface area contributed by atoms with Crippen molar-refractivity contribution in [1.29, 1.82) is 0 Å². The van der Waals surface area contributed by atoms with E-state index < -0.39 is 0 Å². The largest absolute Gasteiger partial charge is 0.378 e. The molecule has 0 saturated carbocycles. The van der Waals surface area contributed by atoms with Gasteiger partial charge in [-0.15, -0.1) is 0 Å². The third-order valence-corrected chi connectivity index (χ3v) is 6.37. The van der Waals surface area contributed by atoms with Gasteiger partial charge in [-0.25, -0.2) is 0 Å². The Morgan fingerprint density at radius 3 is 1.03 bits per heavy atom. The Kier molecular flexibility index (Phi) is 7.56. The van der Waals surface area contributed by atoms with Crippen molar-refractivity contribution in [2.24, 2.45) is 0 Å². The van der Waals surface area contributed by atoms with Gasteiger partial charge in [0.25, 0.3) is 0 Å². The Hall–Kier alpha value is -3.58. The summed E-state index contributed by atoms with van der Waals surface area (Å²) < 4.78 is 6.20. The highest BCUT2D eigenvalue weighted by Crippen LogP contribution is 2.27. The summed E-state index contributed by atoms with van der Waals surface area (Å²) in [5.74, 6) is 0. The smallest absolute Gasteiger partial charge is 0.122 e. The van der Waals surface area contributed by atoms with Crippen molar-refractivity contribution in [3.05, 3.63) is 72.8 Å². The van der Waals surface area contributed by atoms with Gasteiger partial charge in [-0.05, 0) is 72.8 Å². The zero-order chi connectivity index (χ0) is 24.9. The number of rotatable bonds is 6. The van der Waals surface area contributed by atoms with E-state index in [0.29, 0.717) is 13.5 Å². The molecule has 4 rings (SSSR count). The molecule has 0 unspecified atom stereocenters. The van der Waals surface area contributed by atoms with E-state index in [4.69, 9.17) is 4.74 Å². The summed E-state index contributed by atoms with van der Waals surface area (Å²) in [7, 11) is 12.4. The Morgan fingerprint density at radius 1 is 0.457 bits per heavy atom. The maximum Gasteiger partial charge on any atom is 0.122 e. The second kappa shape index (κ2) is 10.8. The van der Waals surface area contributed by atoms with Crippen molar-refractivity contribution in [2.75, 3.05) is 98.5 Å². The van der Waals surface area contributed by atoms with Crippen molar-refractivity contribution in [2.45, 2.75) is 0 Å². The van der Waals surface area contributed by atoms with E-state index in [-0.39, 0.29) is 0 Å². The minimum atomic E-state index is 0.514. The number of hydrogen-bond donors (Lipinski definition) is 0. The quantitative estimate of drug-likeness (QED) is 0.517. The van der Waals surface area contributed by atoms with Crippen LogP contribution in [0.15, 0.2) is 72.8 Å². The molecule has 3 aromatic carbocycles. The molecule has 0 aliphatic carbocycles. The van der Waals surface area contributed by atoms with Crippen LogP contribution in [0.3, 0.4) is 0 Å². The molecule has 0 aromatic heterocycles. The lowest BCUT2D eigenvalue weighted by atomic mass is 10.2. The fraction of sp³-hybridized carbons (Fsp3) is 0.357. The van der Waals surface area contributed by atoms with Gasteiger partial charge in [-0.1, -0.05) is 0 Å². The third kappa shape index (κ3) is 5.92. The monoisotopic (exact) mass is 474 g/mol. The molecule has 1 aliphatic rings. The zero-order valence-corrected chi connectivity index (χ0v) is 21.8. The summed E-state index contributed by atoms with van der Waals surface area (Å²) >= 11 is 0. The number of ether oxygens (including phenoxy) is 1. The summed E-state index contributed by atoms with van der Waals surface area (Å²) in [6, 6.07) is 26.1. The third-order valence-electron chi connectivity index (χ3n) is 6.37. The summed E-state index contributed by atoms with van der Waals surface area (Å²) in [4.78, 5) is 13.3. The molecule has 7 nitrogen and oxygen atoms in total. The molecule has 0 amide bonds. The average molecular weight is 475 g/mol. The van der Waals surface area contributed by atoms with E-state index in [1.807, 2.05) is 0 Å². The van der Waals surface area contributed by atoms with Crippen LogP contribution in [0.5, 0.6) is 0 Å². The molecule has 0 N–H and O–H groups in total. The Labute approximate surface area is 210 Å². The highest BCUT2D eigenvalue weighted by molar-refractivity contribution is 5.61. The van der Waals surface area contributed by atoms with E-state index in [1.54, 1.807) is 0 Å². The SMILES string of the molecule is CN(C)c1ccc(N2COCN(c3ccc(N(C)C)cc3)CN(c3ccc(N(C)C)cc3)C2)cc1. The summed E-state index contributed by atoms with van der Waals surface area (Å²) in [6.45, 7) is 2.46. The van der Waals surface area contributed by atoms with Gasteiger partial charge < -0.3 is 34.1 Å². The minimum Gasteiger partial charge on any atom is -0.378 e. The van der Waals surface area contributed by atoms with Crippen LogP contribution in [-0.4, -0.2) is 69.1 Å². The van der Waals surface area contributed by atoms with Gasteiger partial charge in [0, 0.05) is 76.4 Å². The lowest BCUT2D eigenvalue weighted by molar-refractivity contribution is 0.127. The topological polar surface area (TPSA) is 28.7 Å². The number of benzene rings is 3. The van der Waals surface area contributed by atoms with Crippen molar-refractivity contribution >= 4 is 34.1 Å². The molecule has 35 heavy (non-hydrogen) atoms. The van der Waals surface area contributed by atoms with Crippen LogP contribution in [0.2, 0.25) is 0 Å². The van der Waals surface area contributed by atoms with Crippen LogP contribution in [0.1, 0.15) is 0 Å². The van der Waals surface area contributed by atoms with E-state index in [9.17, 15) is 0 Å². The summed E-state index contributed by atoms with van der Waals surface area (Å²) in [5, 5.41) is 0. The molecule has 1 aliphatic heterocycles. The van der Waals surface area contributed by atoms with Gasteiger partial charge in [-0.2, -0.15) is 0 Å². The van der Waals surface area contributed by atoms with Gasteiger partial charge in [0.2, 0.25) is 0 Å². The van der Waals surface area contributed by atoms with Crippen molar-refractivity contribution < 1.29 is 4.74 Å². The molecule has 0 spiro atoms. The molecule has 186 valence electrons. The number of hydrogen-bond acceptors (Lipinski definition) is 7. The molecular weight excluding hydrogens is 436 g/mol. The van der Waals surface area contributed by atoms with E-state index in [1.165, 1.54) is 22.7 Å². The minimum absolute atomic E-state index is 0.514. The fourth-order valence-corrected chi connectivity index (χ4v) is 4.16. The molecule has 0 atom stereocenters. The first-order valence-corrected chi connectivity index (χ1v) is 12.0. The van der Waals surface area contributed by atoms with Gasteiger partial charge >= 0.3 is 0 Å². The van der Waals surface area contributed by atoms with Crippen LogP contribution in [0, 0.1) is 0 Å². The Morgan fingerprint density at radius 2 is 0.743 bits per heavy atom. The molecule has 0 radical (unpaired) electrons. The van der Waals surface area contributed by atoms with Crippen LogP contribution < -0.4 is 29.4 Å². The molecular formula is C28H38N6O. The average Bonchev–Trinajstić information content (AvgIpc) is 2.84.